The third kappa shape index (κ3) is 6.78. The third-order valence-corrected chi connectivity index (χ3v) is 5.94. The summed E-state index contributed by atoms with van der Waals surface area (Å²) >= 11 is 1.56. The molecule has 160 valence electrons. The van der Waals surface area contributed by atoms with Crippen molar-refractivity contribution in [2.24, 2.45) is 0 Å². The third-order valence-electron chi connectivity index (χ3n) is 4.95. The van der Waals surface area contributed by atoms with Gasteiger partial charge < -0.3 is 19.9 Å². The molecular weight excluding hydrogens is 398 g/mol. The number of carbonyl (C=O) groups is 2. The van der Waals surface area contributed by atoms with E-state index in [1.807, 2.05) is 24.3 Å². The van der Waals surface area contributed by atoms with E-state index < -0.39 is 0 Å². The fourth-order valence-corrected chi connectivity index (χ4v) is 4.06. The van der Waals surface area contributed by atoms with Gasteiger partial charge in [-0.05, 0) is 36.8 Å². The molecule has 6 nitrogen and oxygen atoms in total. The SMILES string of the molecule is Cc1ccc(CSCC(=O)N(C)CC(=O)Nc2ccc(N3CCOCC3)cc2)cc1. The van der Waals surface area contributed by atoms with Crippen LogP contribution < -0.4 is 10.2 Å². The first-order valence-electron chi connectivity index (χ1n) is 10.1. The van der Waals surface area contributed by atoms with Gasteiger partial charge in [0.25, 0.3) is 0 Å². The van der Waals surface area contributed by atoms with Crippen LogP contribution >= 0.6 is 11.8 Å². The average molecular weight is 428 g/mol. The summed E-state index contributed by atoms with van der Waals surface area (Å²) in [6.45, 7) is 5.32. The van der Waals surface area contributed by atoms with Gasteiger partial charge in [0.15, 0.2) is 0 Å². The van der Waals surface area contributed by atoms with Crippen LogP contribution in [-0.2, 0) is 20.1 Å². The fraction of sp³-hybridized carbons (Fsp3) is 0.391. The van der Waals surface area contributed by atoms with Crippen molar-refractivity contribution in [2.75, 3.05) is 55.9 Å². The van der Waals surface area contributed by atoms with Gasteiger partial charge in [0, 0.05) is 37.3 Å². The predicted octanol–water partition coefficient (Wildman–Crippen LogP) is 3.16. The summed E-state index contributed by atoms with van der Waals surface area (Å²) in [4.78, 5) is 28.3. The van der Waals surface area contributed by atoms with Crippen molar-refractivity contribution < 1.29 is 14.3 Å². The minimum atomic E-state index is -0.200. The zero-order chi connectivity index (χ0) is 21.3. The number of benzene rings is 2. The van der Waals surface area contributed by atoms with Crippen molar-refractivity contribution >= 4 is 35.0 Å². The van der Waals surface area contributed by atoms with Gasteiger partial charge in [0.2, 0.25) is 11.8 Å². The molecule has 0 radical (unpaired) electrons. The van der Waals surface area contributed by atoms with Gasteiger partial charge in [0.05, 0.1) is 25.5 Å². The van der Waals surface area contributed by atoms with E-state index in [4.69, 9.17) is 4.74 Å². The normalized spacial score (nSPS) is 13.7. The number of aryl methyl sites for hydroxylation is 1. The van der Waals surface area contributed by atoms with Crippen LogP contribution in [0.4, 0.5) is 11.4 Å². The second-order valence-electron chi connectivity index (χ2n) is 7.42. The van der Waals surface area contributed by atoms with Gasteiger partial charge in [-0.15, -0.1) is 11.8 Å². The highest BCUT2D eigenvalue weighted by Crippen LogP contribution is 2.19. The molecule has 0 unspecified atom stereocenters. The number of ether oxygens (including phenoxy) is 1. The summed E-state index contributed by atoms with van der Waals surface area (Å²) in [6, 6.07) is 16.1. The van der Waals surface area contributed by atoms with E-state index in [1.165, 1.54) is 16.0 Å². The molecule has 1 aliphatic heterocycles. The Hall–Kier alpha value is -2.51. The van der Waals surface area contributed by atoms with Crippen molar-refractivity contribution in [3.8, 4) is 0 Å². The quantitative estimate of drug-likeness (QED) is 0.701. The molecule has 30 heavy (non-hydrogen) atoms. The van der Waals surface area contributed by atoms with E-state index in [-0.39, 0.29) is 18.4 Å². The van der Waals surface area contributed by atoms with Gasteiger partial charge in [-0.25, -0.2) is 0 Å². The molecule has 1 N–H and O–H groups in total. The molecule has 0 spiro atoms. The lowest BCUT2D eigenvalue weighted by Crippen LogP contribution is -2.36. The number of anilines is 2. The Morgan fingerprint density at radius 3 is 2.40 bits per heavy atom. The van der Waals surface area contributed by atoms with E-state index in [9.17, 15) is 9.59 Å². The van der Waals surface area contributed by atoms with Crippen LogP contribution in [0.5, 0.6) is 0 Å². The highest BCUT2D eigenvalue weighted by Gasteiger charge is 2.14. The van der Waals surface area contributed by atoms with Crippen molar-refractivity contribution in [1.29, 1.82) is 0 Å². The van der Waals surface area contributed by atoms with Crippen LogP contribution in [0.3, 0.4) is 0 Å². The number of morpholine rings is 1. The molecule has 0 bridgehead atoms. The predicted molar refractivity (Wildman–Crippen MR) is 123 cm³/mol. The summed E-state index contributed by atoms with van der Waals surface area (Å²) < 4.78 is 5.37. The Labute approximate surface area is 182 Å². The number of nitrogens with one attached hydrogen (secondary N) is 1. The largest absolute Gasteiger partial charge is 0.378 e. The molecule has 7 heteroatoms. The second kappa shape index (κ2) is 11.0. The minimum Gasteiger partial charge on any atom is -0.378 e. The van der Waals surface area contributed by atoms with Gasteiger partial charge in [-0.2, -0.15) is 0 Å². The Morgan fingerprint density at radius 1 is 1.07 bits per heavy atom. The van der Waals surface area contributed by atoms with Crippen LogP contribution in [-0.4, -0.2) is 62.4 Å². The van der Waals surface area contributed by atoms with E-state index >= 15 is 0 Å². The van der Waals surface area contributed by atoms with E-state index in [0.29, 0.717) is 5.75 Å². The van der Waals surface area contributed by atoms with E-state index in [1.54, 1.807) is 18.8 Å². The average Bonchev–Trinajstić information content (AvgIpc) is 2.76. The number of amides is 2. The van der Waals surface area contributed by atoms with E-state index in [0.717, 1.165) is 43.4 Å². The molecule has 3 rings (SSSR count). The molecule has 1 aliphatic rings. The van der Waals surface area contributed by atoms with Crippen molar-refractivity contribution in [1.82, 2.24) is 4.90 Å². The zero-order valence-corrected chi connectivity index (χ0v) is 18.4. The van der Waals surface area contributed by atoms with Crippen molar-refractivity contribution in [3.05, 3.63) is 59.7 Å². The van der Waals surface area contributed by atoms with Crippen LogP contribution in [0.2, 0.25) is 0 Å². The van der Waals surface area contributed by atoms with Crippen LogP contribution in [0.15, 0.2) is 48.5 Å². The maximum atomic E-state index is 12.3. The maximum Gasteiger partial charge on any atom is 0.243 e. The van der Waals surface area contributed by atoms with Gasteiger partial charge in [0.1, 0.15) is 0 Å². The highest BCUT2D eigenvalue weighted by molar-refractivity contribution is 7.99. The standard InChI is InChI=1S/C23H29N3O3S/c1-18-3-5-19(6-4-18)16-30-17-23(28)25(2)15-22(27)24-20-7-9-21(10-8-20)26-11-13-29-14-12-26/h3-10H,11-17H2,1-2H3,(H,24,27). The first-order valence-corrected chi connectivity index (χ1v) is 11.3. The van der Waals surface area contributed by atoms with Crippen LogP contribution in [0.1, 0.15) is 11.1 Å². The minimum absolute atomic E-state index is 0.0368. The first-order chi connectivity index (χ1) is 14.5. The summed E-state index contributed by atoms with van der Waals surface area (Å²) in [7, 11) is 1.66. The van der Waals surface area contributed by atoms with Crippen LogP contribution in [0, 0.1) is 6.92 Å². The summed E-state index contributed by atoms with van der Waals surface area (Å²) in [6.07, 6.45) is 0. The smallest absolute Gasteiger partial charge is 0.243 e. The molecule has 0 aliphatic carbocycles. The molecule has 0 atom stereocenters. The van der Waals surface area contributed by atoms with Crippen molar-refractivity contribution in [3.63, 3.8) is 0 Å². The molecule has 1 fully saturated rings. The second-order valence-corrected chi connectivity index (χ2v) is 8.41. The number of hydrogen-bond acceptors (Lipinski definition) is 5. The maximum absolute atomic E-state index is 12.3. The number of rotatable bonds is 8. The highest BCUT2D eigenvalue weighted by atomic mass is 32.2. The van der Waals surface area contributed by atoms with Gasteiger partial charge in [-0.1, -0.05) is 29.8 Å². The topological polar surface area (TPSA) is 61.9 Å². The summed E-state index contributed by atoms with van der Waals surface area (Å²) in [5.41, 5.74) is 4.27. The molecule has 2 aromatic rings. The fourth-order valence-electron chi connectivity index (χ4n) is 3.13. The zero-order valence-electron chi connectivity index (χ0n) is 17.6. The van der Waals surface area contributed by atoms with Gasteiger partial charge >= 0.3 is 0 Å². The Morgan fingerprint density at radius 2 is 1.73 bits per heavy atom. The molecule has 0 saturated carbocycles. The van der Waals surface area contributed by atoms with Gasteiger partial charge in [-0.3, -0.25) is 9.59 Å². The van der Waals surface area contributed by atoms with Crippen molar-refractivity contribution in [2.45, 2.75) is 12.7 Å². The number of hydrogen-bond donors (Lipinski definition) is 1. The Kier molecular flexibility index (Phi) is 8.16. The first kappa shape index (κ1) is 22.2. The lowest BCUT2D eigenvalue weighted by molar-refractivity contribution is -0.131. The lowest BCUT2D eigenvalue weighted by Gasteiger charge is -2.28. The Balaban J connectivity index is 1.39. The number of carbonyl (C=O) groups excluding carboxylic acids is 2. The molecule has 2 amide bonds. The monoisotopic (exact) mass is 427 g/mol. The molecule has 1 saturated heterocycles. The molecule has 2 aromatic carbocycles. The number of thioether (sulfide) groups is 1. The summed E-state index contributed by atoms with van der Waals surface area (Å²) in [5, 5.41) is 2.86. The summed E-state index contributed by atoms with van der Waals surface area (Å²) in [5.74, 6) is 0.881. The number of nitrogens with zero attached hydrogens (tertiary/aromatic N) is 2. The molecular formula is C23H29N3O3S. The Bertz CT molecular complexity index is 834. The molecule has 1 heterocycles. The van der Waals surface area contributed by atoms with E-state index in [2.05, 4.69) is 41.4 Å². The number of likely N-dealkylation sites (N-methyl/N-ethyl adjacent to an activating group) is 1. The lowest BCUT2D eigenvalue weighted by atomic mass is 10.2. The molecule has 0 aromatic heterocycles. The van der Waals surface area contributed by atoms with Crippen LogP contribution in [0.25, 0.3) is 0 Å².